The lowest BCUT2D eigenvalue weighted by Crippen LogP contribution is -1.96. The smallest absolute Gasteiger partial charge is 0.119 e. The highest BCUT2D eigenvalue weighted by Gasteiger charge is 2.05. The molecular weight excluding hydrogens is 226 g/mol. The molecule has 0 fully saturated rings. The average molecular weight is 239 g/mol. The molecule has 1 aromatic heterocycles. The van der Waals surface area contributed by atoms with Crippen molar-refractivity contribution in [3.8, 4) is 11.4 Å². The van der Waals surface area contributed by atoms with Gasteiger partial charge in [-0.3, -0.25) is 0 Å². The van der Waals surface area contributed by atoms with Gasteiger partial charge in [0.1, 0.15) is 5.75 Å². The highest BCUT2D eigenvalue weighted by molar-refractivity contribution is 5.83. The van der Waals surface area contributed by atoms with Crippen molar-refractivity contribution in [2.45, 2.75) is 0 Å². The molecular formula is C14H13N3O. The average Bonchev–Trinajstić information content (AvgIpc) is 2.81. The van der Waals surface area contributed by atoms with Gasteiger partial charge in [0.15, 0.2) is 0 Å². The van der Waals surface area contributed by atoms with E-state index in [1.807, 2.05) is 53.3 Å². The van der Waals surface area contributed by atoms with Gasteiger partial charge in [-0.05, 0) is 42.5 Å². The Kier molecular flexibility index (Phi) is 2.41. The molecule has 0 amide bonds. The zero-order valence-corrected chi connectivity index (χ0v) is 10.00. The summed E-state index contributed by atoms with van der Waals surface area (Å²) in [6.07, 6.45) is 1.82. The number of hydrogen-bond donors (Lipinski definition) is 1. The summed E-state index contributed by atoms with van der Waals surface area (Å²) in [4.78, 5) is 0. The lowest BCUT2D eigenvalue weighted by molar-refractivity contribution is 0.414. The van der Waals surface area contributed by atoms with Crippen molar-refractivity contribution >= 4 is 16.6 Å². The first-order chi connectivity index (χ1) is 8.78. The van der Waals surface area contributed by atoms with Gasteiger partial charge in [0, 0.05) is 11.1 Å². The predicted octanol–water partition coefficient (Wildman–Crippen LogP) is 2.62. The third kappa shape index (κ3) is 1.68. The number of benzene rings is 2. The molecule has 4 nitrogen and oxygen atoms in total. The van der Waals surface area contributed by atoms with Crippen LogP contribution in [0.5, 0.6) is 5.75 Å². The van der Waals surface area contributed by atoms with Crippen molar-refractivity contribution in [3.63, 3.8) is 0 Å². The van der Waals surface area contributed by atoms with Crippen molar-refractivity contribution in [1.82, 2.24) is 9.78 Å². The Bertz CT molecular complexity index is 686. The maximum atomic E-state index is 5.76. The molecule has 3 rings (SSSR count). The van der Waals surface area contributed by atoms with Crippen LogP contribution in [-0.4, -0.2) is 16.9 Å². The largest absolute Gasteiger partial charge is 0.497 e. The first kappa shape index (κ1) is 10.7. The van der Waals surface area contributed by atoms with Crippen LogP contribution in [0.1, 0.15) is 0 Å². The number of nitrogens with zero attached hydrogens (tertiary/aromatic N) is 2. The number of aromatic nitrogens is 2. The van der Waals surface area contributed by atoms with E-state index in [0.29, 0.717) is 0 Å². The van der Waals surface area contributed by atoms with Crippen molar-refractivity contribution < 1.29 is 4.74 Å². The molecule has 0 atom stereocenters. The summed E-state index contributed by atoms with van der Waals surface area (Å²) in [5, 5.41) is 5.42. The summed E-state index contributed by atoms with van der Waals surface area (Å²) in [5.41, 5.74) is 8.54. The van der Waals surface area contributed by atoms with Crippen LogP contribution in [0.25, 0.3) is 16.6 Å². The topological polar surface area (TPSA) is 53.1 Å². The minimum atomic E-state index is 0.747. The van der Waals surface area contributed by atoms with Gasteiger partial charge in [0.05, 0.1) is 24.5 Å². The number of nitrogens with two attached hydrogens (primary N) is 1. The van der Waals surface area contributed by atoms with E-state index in [2.05, 4.69) is 5.10 Å². The first-order valence-electron chi connectivity index (χ1n) is 5.65. The molecule has 0 aliphatic carbocycles. The second-order valence-electron chi connectivity index (χ2n) is 4.07. The van der Waals surface area contributed by atoms with Gasteiger partial charge in [0.25, 0.3) is 0 Å². The molecule has 2 N–H and O–H groups in total. The van der Waals surface area contributed by atoms with E-state index in [1.165, 1.54) is 0 Å². The fourth-order valence-electron chi connectivity index (χ4n) is 1.98. The van der Waals surface area contributed by atoms with Crippen molar-refractivity contribution in [2.75, 3.05) is 12.8 Å². The second kappa shape index (κ2) is 4.07. The number of rotatable bonds is 2. The molecule has 0 aliphatic rings. The van der Waals surface area contributed by atoms with Gasteiger partial charge >= 0.3 is 0 Å². The normalized spacial score (nSPS) is 10.7. The number of anilines is 1. The molecule has 0 saturated heterocycles. The first-order valence-corrected chi connectivity index (χ1v) is 5.65. The molecule has 0 spiro atoms. The van der Waals surface area contributed by atoms with Gasteiger partial charge < -0.3 is 10.5 Å². The Morgan fingerprint density at radius 1 is 1.11 bits per heavy atom. The van der Waals surface area contributed by atoms with Gasteiger partial charge in [-0.2, -0.15) is 5.10 Å². The van der Waals surface area contributed by atoms with Crippen LogP contribution >= 0.6 is 0 Å². The van der Waals surface area contributed by atoms with E-state index in [1.54, 1.807) is 7.11 Å². The molecule has 0 bridgehead atoms. The molecule has 0 unspecified atom stereocenters. The monoisotopic (exact) mass is 239 g/mol. The SMILES string of the molecule is COc1ccc(-n2ncc3cc(N)ccc32)cc1. The molecule has 0 saturated carbocycles. The van der Waals surface area contributed by atoms with Crippen LogP contribution in [0.4, 0.5) is 5.69 Å². The Balaban J connectivity index is 2.13. The minimum Gasteiger partial charge on any atom is -0.497 e. The Morgan fingerprint density at radius 3 is 2.61 bits per heavy atom. The lowest BCUT2D eigenvalue weighted by atomic mass is 10.2. The quantitative estimate of drug-likeness (QED) is 0.699. The second-order valence-corrected chi connectivity index (χ2v) is 4.07. The minimum absolute atomic E-state index is 0.747. The Hall–Kier alpha value is -2.49. The van der Waals surface area contributed by atoms with Crippen molar-refractivity contribution in [3.05, 3.63) is 48.7 Å². The molecule has 0 radical (unpaired) electrons. The summed E-state index contributed by atoms with van der Waals surface area (Å²) in [6, 6.07) is 13.6. The summed E-state index contributed by atoms with van der Waals surface area (Å²) >= 11 is 0. The van der Waals surface area contributed by atoms with Gasteiger partial charge in [-0.25, -0.2) is 4.68 Å². The highest BCUT2D eigenvalue weighted by atomic mass is 16.5. The zero-order valence-electron chi connectivity index (χ0n) is 10.00. The molecule has 3 aromatic rings. The Labute approximate surface area is 105 Å². The molecule has 0 aliphatic heterocycles. The highest BCUT2D eigenvalue weighted by Crippen LogP contribution is 2.21. The van der Waals surface area contributed by atoms with Crippen LogP contribution in [0, 0.1) is 0 Å². The van der Waals surface area contributed by atoms with E-state index < -0.39 is 0 Å². The fourth-order valence-corrected chi connectivity index (χ4v) is 1.98. The molecule has 1 heterocycles. The molecule has 4 heteroatoms. The van der Waals surface area contributed by atoms with Gasteiger partial charge in [0.2, 0.25) is 0 Å². The molecule has 18 heavy (non-hydrogen) atoms. The van der Waals surface area contributed by atoms with E-state index in [9.17, 15) is 0 Å². The summed E-state index contributed by atoms with van der Waals surface area (Å²) in [5.74, 6) is 0.833. The maximum absolute atomic E-state index is 5.76. The lowest BCUT2D eigenvalue weighted by Gasteiger charge is -2.05. The number of fused-ring (bicyclic) bond motifs is 1. The fraction of sp³-hybridized carbons (Fsp3) is 0.0714. The van der Waals surface area contributed by atoms with E-state index in [4.69, 9.17) is 10.5 Å². The van der Waals surface area contributed by atoms with E-state index in [-0.39, 0.29) is 0 Å². The number of methoxy groups -OCH3 is 1. The van der Waals surface area contributed by atoms with Crippen molar-refractivity contribution in [2.24, 2.45) is 0 Å². The zero-order chi connectivity index (χ0) is 12.5. The van der Waals surface area contributed by atoms with Crippen LogP contribution in [0.2, 0.25) is 0 Å². The van der Waals surface area contributed by atoms with Crippen LogP contribution in [0.3, 0.4) is 0 Å². The van der Waals surface area contributed by atoms with Gasteiger partial charge in [-0.1, -0.05) is 0 Å². The third-order valence-corrected chi connectivity index (χ3v) is 2.91. The third-order valence-electron chi connectivity index (χ3n) is 2.91. The standard InChI is InChI=1S/C14H13N3O/c1-18-13-5-3-12(4-6-13)17-14-7-2-11(15)8-10(14)9-16-17/h2-9H,15H2,1H3. The van der Waals surface area contributed by atoms with Crippen molar-refractivity contribution in [1.29, 1.82) is 0 Å². The van der Waals surface area contributed by atoms with Crippen LogP contribution < -0.4 is 10.5 Å². The maximum Gasteiger partial charge on any atom is 0.119 e. The van der Waals surface area contributed by atoms with Crippen LogP contribution in [0.15, 0.2) is 48.7 Å². The van der Waals surface area contributed by atoms with E-state index in [0.717, 1.165) is 28.0 Å². The van der Waals surface area contributed by atoms with Crippen LogP contribution in [-0.2, 0) is 0 Å². The molecule has 90 valence electrons. The van der Waals surface area contributed by atoms with E-state index >= 15 is 0 Å². The number of ether oxygens (including phenoxy) is 1. The Morgan fingerprint density at radius 2 is 1.89 bits per heavy atom. The summed E-state index contributed by atoms with van der Waals surface area (Å²) in [6.45, 7) is 0. The summed E-state index contributed by atoms with van der Waals surface area (Å²) in [7, 11) is 1.65. The number of hydrogen-bond acceptors (Lipinski definition) is 3. The molecule has 2 aromatic carbocycles. The number of nitrogen functional groups attached to an aromatic ring is 1. The summed E-state index contributed by atoms with van der Waals surface area (Å²) < 4.78 is 7.03. The van der Waals surface area contributed by atoms with Gasteiger partial charge in [-0.15, -0.1) is 0 Å². The predicted molar refractivity (Wildman–Crippen MR) is 72.0 cm³/mol.